The van der Waals surface area contributed by atoms with Crippen LogP contribution in [-0.2, 0) is 20.0 Å². The Labute approximate surface area is 250 Å². The van der Waals surface area contributed by atoms with Crippen molar-refractivity contribution < 1.29 is 16.8 Å². The summed E-state index contributed by atoms with van der Waals surface area (Å²) in [7, 11) is -8.06. The molecule has 0 spiro atoms. The minimum absolute atomic E-state index is 0.160. The van der Waals surface area contributed by atoms with Crippen LogP contribution < -0.4 is 0 Å². The molecule has 2 aromatic heterocycles. The van der Waals surface area contributed by atoms with Gasteiger partial charge in [-0.05, 0) is 61.0 Å². The molecule has 8 heteroatoms. The minimum atomic E-state index is -4.03. The van der Waals surface area contributed by atoms with Crippen molar-refractivity contribution in [3.05, 3.63) is 145 Å². The number of benzene rings is 5. The van der Waals surface area contributed by atoms with E-state index in [-0.39, 0.29) is 9.79 Å². The summed E-state index contributed by atoms with van der Waals surface area (Å²) in [5.41, 5.74) is 4.00. The van der Waals surface area contributed by atoms with Gasteiger partial charge in [-0.1, -0.05) is 91.0 Å². The van der Waals surface area contributed by atoms with Gasteiger partial charge in [0.15, 0.2) is 0 Å². The largest absolute Gasteiger partial charge is 0.268 e. The van der Waals surface area contributed by atoms with Crippen LogP contribution in [0.15, 0.2) is 149 Å². The summed E-state index contributed by atoms with van der Waals surface area (Å²) in [6, 6.07) is 40.7. The Balaban J connectivity index is 1.58. The van der Waals surface area contributed by atoms with Crippen molar-refractivity contribution in [3.8, 4) is 22.5 Å². The number of para-hydroxylation sites is 2. The van der Waals surface area contributed by atoms with Gasteiger partial charge in [-0.3, -0.25) is 0 Å². The molecule has 0 N–H and O–H groups in total. The van der Waals surface area contributed by atoms with Gasteiger partial charge in [-0.2, -0.15) is 0 Å². The topological polar surface area (TPSA) is 78.1 Å². The first-order valence-electron chi connectivity index (χ1n) is 13.7. The molecule has 0 unspecified atom stereocenters. The fourth-order valence-corrected chi connectivity index (χ4v) is 8.84. The van der Waals surface area contributed by atoms with E-state index in [1.165, 1.54) is 7.94 Å². The monoisotopic (exact) mass is 602 g/mol. The molecule has 0 saturated carbocycles. The fourth-order valence-electron chi connectivity index (χ4n) is 5.76. The molecule has 0 aliphatic heterocycles. The second kappa shape index (κ2) is 10.1. The van der Waals surface area contributed by atoms with Gasteiger partial charge in [0.2, 0.25) is 0 Å². The quantitative estimate of drug-likeness (QED) is 0.195. The average molecular weight is 603 g/mol. The lowest BCUT2D eigenvalue weighted by Crippen LogP contribution is -2.16. The minimum Gasteiger partial charge on any atom is -0.233 e. The summed E-state index contributed by atoms with van der Waals surface area (Å²) >= 11 is 0. The predicted octanol–water partition coefficient (Wildman–Crippen LogP) is 7.71. The number of hydrogen-bond acceptors (Lipinski definition) is 4. The third kappa shape index (κ3) is 4.29. The Hall–Kier alpha value is -4.92. The van der Waals surface area contributed by atoms with E-state index in [1.807, 2.05) is 73.7 Å². The number of nitrogens with zero attached hydrogens (tertiary/aromatic N) is 2. The Kier molecular flexibility index (Phi) is 6.34. The molecule has 0 aliphatic carbocycles. The van der Waals surface area contributed by atoms with Crippen molar-refractivity contribution in [2.75, 3.05) is 0 Å². The summed E-state index contributed by atoms with van der Waals surface area (Å²) in [5.74, 6) is 0. The number of rotatable bonds is 6. The fraction of sp³-hybridized carbons (Fsp3) is 0.0286. The summed E-state index contributed by atoms with van der Waals surface area (Å²) in [6.07, 6.45) is 0. The third-order valence-corrected chi connectivity index (χ3v) is 11.2. The standard InChI is InChI=1S/C35H26N2O4S2/c1-25-13-12-20-30(33-23-26-14-8-10-21-31(26)36(33)42(38,39)28-16-4-2-5-17-28)35(25)34-24-27-15-9-11-22-32(27)37(34)43(40,41)29-18-6-3-7-19-29/h2-24H,1H3. The first kappa shape index (κ1) is 26.9. The first-order valence-corrected chi connectivity index (χ1v) is 16.6. The lowest BCUT2D eigenvalue weighted by Gasteiger charge is -2.18. The molecule has 43 heavy (non-hydrogen) atoms. The molecule has 0 atom stereocenters. The lowest BCUT2D eigenvalue weighted by molar-refractivity contribution is 0.587. The van der Waals surface area contributed by atoms with Gasteiger partial charge in [0.25, 0.3) is 20.0 Å². The van der Waals surface area contributed by atoms with Crippen molar-refractivity contribution in [2.45, 2.75) is 16.7 Å². The zero-order valence-electron chi connectivity index (χ0n) is 23.1. The molecular weight excluding hydrogens is 577 g/mol. The van der Waals surface area contributed by atoms with Crippen molar-refractivity contribution in [1.29, 1.82) is 0 Å². The average Bonchev–Trinajstić information content (AvgIpc) is 3.62. The molecule has 0 radical (unpaired) electrons. The van der Waals surface area contributed by atoms with E-state index in [0.29, 0.717) is 33.5 Å². The van der Waals surface area contributed by atoms with Gasteiger partial charge in [0, 0.05) is 21.9 Å². The van der Waals surface area contributed by atoms with Crippen molar-refractivity contribution in [2.24, 2.45) is 0 Å². The molecule has 212 valence electrons. The van der Waals surface area contributed by atoms with Gasteiger partial charge < -0.3 is 0 Å². The van der Waals surface area contributed by atoms with Gasteiger partial charge >= 0.3 is 0 Å². The normalized spacial score (nSPS) is 12.2. The van der Waals surface area contributed by atoms with Gasteiger partial charge in [0.1, 0.15) is 0 Å². The Morgan fingerprint density at radius 2 is 0.907 bits per heavy atom. The molecule has 0 aliphatic rings. The molecule has 0 fully saturated rings. The van der Waals surface area contributed by atoms with Crippen molar-refractivity contribution >= 4 is 41.9 Å². The summed E-state index contributed by atoms with van der Waals surface area (Å²) in [6.45, 7) is 1.91. The van der Waals surface area contributed by atoms with Gasteiger partial charge in [-0.25, -0.2) is 24.8 Å². The lowest BCUT2D eigenvalue weighted by atomic mass is 9.97. The maximum Gasteiger partial charge on any atom is 0.268 e. The summed E-state index contributed by atoms with van der Waals surface area (Å²) in [5, 5.41) is 1.51. The van der Waals surface area contributed by atoms with Crippen LogP contribution in [0.2, 0.25) is 0 Å². The zero-order valence-corrected chi connectivity index (χ0v) is 24.8. The molecule has 0 saturated heterocycles. The second-order valence-corrected chi connectivity index (χ2v) is 13.9. The van der Waals surface area contributed by atoms with Gasteiger partial charge in [0.05, 0.1) is 32.2 Å². The number of aryl methyl sites for hydroxylation is 1. The van der Waals surface area contributed by atoms with Crippen LogP contribution in [-0.4, -0.2) is 24.8 Å². The van der Waals surface area contributed by atoms with E-state index in [0.717, 1.165) is 16.3 Å². The van der Waals surface area contributed by atoms with Gasteiger partial charge in [-0.15, -0.1) is 0 Å². The van der Waals surface area contributed by atoms with Crippen molar-refractivity contribution in [3.63, 3.8) is 0 Å². The molecule has 0 amide bonds. The predicted molar refractivity (Wildman–Crippen MR) is 171 cm³/mol. The molecular formula is C35H26N2O4S2. The van der Waals surface area contributed by atoms with Crippen molar-refractivity contribution in [1.82, 2.24) is 7.94 Å². The molecule has 0 bridgehead atoms. The molecule has 5 aromatic carbocycles. The van der Waals surface area contributed by atoms with Crippen LogP contribution in [0.5, 0.6) is 0 Å². The Morgan fingerprint density at radius 1 is 0.465 bits per heavy atom. The molecule has 7 rings (SSSR count). The molecule has 6 nitrogen and oxygen atoms in total. The van der Waals surface area contributed by atoms with Crippen LogP contribution in [0.1, 0.15) is 5.56 Å². The molecule has 2 heterocycles. The van der Waals surface area contributed by atoms with E-state index in [9.17, 15) is 16.8 Å². The van der Waals surface area contributed by atoms with E-state index in [2.05, 4.69) is 0 Å². The van der Waals surface area contributed by atoms with E-state index in [1.54, 1.807) is 72.8 Å². The summed E-state index contributed by atoms with van der Waals surface area (Å²) < 4.78 is 59.8. The van der Waals surface area contributed by atoms with E-state index >= 15 is 0 Å². The zero-order chi connectivity index (χ0) is 29.8. The number of hydrogen-bond donors (Lipinski definition) is 0. The highest BCUT2D eigenvalue weighted by molar-refractivity contribution is 7.90. The highest BCUT2D eigenvalue weighted by Gasteiger charge is 2.29. The van der Waals surface area contributed by atoms with Crippen LogP contribution in [0.4, 0.5) is 0 Å². The Morgan fingerprint density at radius 3 is 1.44 bits per heavy atom. The Bertz CT molecular complexity index is 2370. The highest BCUT2D eigenvalue weighted by Crippen LogP contribution is 2.42. The second-order valence-electron chi connectivity index (χ2n) is 10.3. The maximum atomic E-state index is 14.3. The SMILES string of the molecule is Cc1cccc(-c2cc3ccccc3n2S(=O)(=O)c2ccccc2)c1-c1cc2ccccc2n1S(=O)(=O)c1ccccc1. The van der Waals surface area contributed by atoms with Crippen LogP contribution in [0, 0.1) is 6.92 Å². The van der Waals surface area contributed by atoms with Crippen LogP contribution in [0.25, 0.3) is 44.3 Å². The number of fused-ring (bicyclic) bond motifs is 2. The molecule has 7 aromatic rings. The highest BCUT2D eigenvalue weighted by atomic mass is 32.2. The van der Waals surface area contributed by atoms with Crippen LogP contribution >= 0.6 is 0 Å². The third-order valence-electron chi connectivity index (χ3n) is 7.70. The smallest absolute Gasteiger partial charge is 0.233 e. The maximum absolute atomic E-state index is 14.3. The first-order chi connectivity index (χ1) is 20.8. The van der Waals surface area contributed by atoms with E-state index in [4.69, 9.17) is 0 Å². The summed E-state index contributed by atoms with van der Waals surface area (Å²) in [4.78, 5) is 0.320. The number of aromatic nitrogens is 2. The van der Waals surface area contributed by atoms with E-state index < -0.39 is 20.0 Å². The van der Waals surface area contributed by atoms with Crippen LogP contribution in [0.3, 0.4) is 0 Å².